The third-order valence-electron chi connectivity index (χ3n) is 3.62. The number of rotatable bonds is 6. The molecule has 1 rings (SSSR count). The molecule has 1 aromatic rings. The predicted octanol–water partition coefficient (Wildman–Crippen LogP) is 5.40. The van der Waals surface area contributed by atoms with E-state index in [1.807, 2.05) is 0 Å². The number of alkyl halides is 14. The van der Waals surface area contributed by atoms with E-state index in [1.165, 1.54) is 0 Å². The molecule has 0 radical (unpaired) electrons. The second kappa shape index (κ2) is 7.29. The third-order valence-corrected chi connectivity index (χ3v) is 3.94. The van der Waals surface area contributed by atoms with E-state index in [0.29, 0.717) is 0 Å². The van der Waals surface area contributed by atoms with Crippen molar-refractivity contribution in [1.29, 1.82) is 0 Å². The van der Waals surface area contributed by atoms with Crippen LogP contribution in [0.2, 0.25) is 5.02 Å². The van der Waals surface area contributed by atoms with Crippen molar-refractivity contribution in [2.75, 3.05) is 0 Å². The quantitative estimate of drug-likeness (QED) is 0.461. The summed E-state index contributed by atoms with van der Waals surface area (Å²) in [4.78, 5) is 0.947. The molecule has 0 fully saturated rings. The Kier molecular flexibility index (Phi) is 6.45. The Hall–Kier alpha value is -1.49. The fourth-order valence-electron chi connectivity index (χ4n) is 1.91. The van der Waals surface area contributed by atoms with Crippen molar-refractivity contribution in [1.82, 2.24) is 4.98 Å². The van der Waals surface area contributed by atoms with E-state index in [4.69, 9.17) is 16.7 Å². The standard InChI is InChI=1S/C12H6ClF14NO2/c13-2-1-3(5(29)7(14,15)9(18,19)11(22,23)24)28-4(2)6(30)8(16,17)10(20,21)12(25,26)27/h1,5-6,28-30H. The van der Waals surface area contributed by atoms with Gasteiger partial charge in [0.25, 0.3) is 0 Å². The summed E-state index contributed by atoms with van der Waals surface area (Å²) < 4.78 is 178. The summed E-state index contributed by atoms with van der Waals surface area (Å²) in [5.74, 6) is -26.7. The largest absolute Gasteiger partial charge is 0.459 e. The SMILES string of the molecule is OC(c1cc(Cl)c(C(O)C(F)(F)C(F)(F)C(F)(F)F)[nH]1)C(F)(F)C(F)(F)C(F)(F)F. The van der Waals surface area contributed by atoms with Gasteiger partial charge < -0.3 is 15.2 Å². The molecule has 0 aliphatic carbocycles. The summed E-state index contributed by atoms with van der Waals surface area (Å²) in [5, 5.41) is 16.7. The number of nitrogens with one attached hydrogen (secondary N) is 1. The lowest BCUT2D eigenvalue weighted by molar-refractivity contribution is -0.373. The van der Waals surface area contributed by atoms with E-state index in [-0.39, 0.29) is 6.07 Å². The van der Waals surface area contributed by atoms with Gasteiger partial charge >= 0.3 is 36.0 Å². The number of aliphatic hydroxyl groups is 2. The van der Waals surface area contributed by atoms with Crippen molar-refractivity contribution in [3.05, 3.63) is 22.5 Å². The molecule has 0 saturated heterocycles. The second-order valence-electron chi connectivity index (χ2n) is 5.68. The highest BCUT2D eigenvalue weighted by atomic mass is 35.5. The molecule has 0 amide bonds. The van der Waals surface area contributed by atoms with Gasteiger partial charge in [0.2, 0.25) is 0 Å². The first-order chi connectivity index (χ1) is 12.9. The Morgan fingerprint density at radius 2 is 1.00 bits per heavy atom. The van der Waals surface area contributed by atoms with Gasteiger partial charge in [-0.1, -0.05) is 11.6 Å². The van der Waals surface area contributed by atoms with Gasteiger partial charge in [-0.25, -0.2) is 0 Å². The van der Waals surface area contributed by atoms with Crippen LogP contribution in [-0.2, 0) is 0 Å². The van der Waals surface area contributed by atoms with Gasteiger partial charge in [-0.3, -0.25) is 0 Å². The number of H-pyrrole nitrogens is 1. The molecule has 2 unspecified atom stereocenters. The van der Waals surface area contributed by atoms with E-state index in [0.717, 1.165) is 4.98 Å². The number of hydrogen-bond donors (Lipinski definition) is 3. The minimum atomic E-state index is -6.94. The average molecular weight is 498 g/mol. The first kappa shape index (κ1) is 26.5. The van der Waals surface area contributed by atoms with Crippen LogP contribution >= 0.6 is 11.6 Å². The Morgan fingerprint density at radius 3 is 1.33 bits per heavy atom. The Labute approximate surface area is 160 Å². The minimum absolute atomic E-state index is 0.257. The molecule has 1 heterocycles. The van der Waals surface area contributed by atoms with Gasteiger partial charge in [0.05, 0.1) is 16.4 Å². The van der Waals surface area contributed by atoms with Gasteiger partial charge in [-0.2, -0.15) is 61.5 Å². The first-order valence-corrected chi connectivity index (χ1v) is 7.21. The van der Waals surface area contributed by atoms with Crippen LogP contribution in [0, 0.1) is 0 Å². The summed E-state index contributed by atoms with van der Waals surface area (Å²) in [6, 6.07) is -0.257. The highest BCUT2D eigenvalue weighted by Gasteiger charge is 2.77. The van der Waals surface area contributed by atoms with Gasteiger partial charge in [0, 0.05) is 0 Å². The van der Waals surface area contributed by atoms with E-state index in [1.54, 1.807) is 0 Å². The zero-order valence-corrected chi connectivity index (χ0v) is 14.1. The van der Waals surface area contributed by atoms with Gasteiger partial charge in [0.15, 0.2) is 12.2 Å². The molecule has 18 heteroatoms. The Bertz CT molecular complexity index is 768. The number of aliphatic hydroxyl groups excluding tert-OH is 2. The van der Waals surface area contributed by atoms with Crippen LogP contribution in [0.4, 0.5) is 61.5 Å². The fraction of sp³-hybridized carbons (Fsp3) is 0.667. The number of halogens is 15. The minimum Gasteiger partial charge on any atom is -0.380 e. The lowest BCUT2D eigenvalue weighted by Gasteiger charge is -2.32. The van der Waals surface area contributed by atoms with Crippen LogP contribution < -0.4 is 0 Å². The molecule has 3 N–H and O–H groups in total. The highest BCUT2D eigenvalue weighted by molar-refractivity contribution is 6.31. The molecular weight excluding hydrogens is 492 g/mol. The number of aromatic nitrogens is 1. The van der Waals surface area contributed by atoms with Gasteiger partial charge in [-0.15, -0.1) is 0 Å². The molecule has 0 spiro atoms. The van der Waals surface area contributed by atoms with Crippen molar-refractivity contribution in [3.63, 3.8) is 0 Å². The zero-order valence-electron chi connectivity index (χ0n) is 13.3. The molecule has 176 valence electrons. The molecule has 30 heavy (non-hydrogen) atoms. The normalized spacial score (nSPS) is 17.2. The zero-order chi connectivity index (χ0) is 24.3. The lowest BCUT2D eigenvalue weighted by Crippen LogP contribution is -2.55. The topological polar surface area (TPSA) is 56.2 Å². The van der Waals surface area contributed by atoms with Gasteiger partial charge in [-0.05, 0) is 6.07 Å². The van der Waals surface area contributed by atoms with Crippen LogP contribution in [0.5, 0.6) is 0 Å². The molecular formula is C12H6ClF14NO2. The van der Waals surface area contributed by atoms with E-state index in [2.05, 4.69) is 0 Å². The van der Waals surface area contributed by atoms with Gasteiger partial charge in [0.1, 0.15) is 0 Å². The van der Waals surface area contributed by atoms with Crippen LogP contribution in [0.3, 0.4) is 0 Å². The van der Waals surface area contributed by atoms with Crippen LogP contribution in [-0.4, -0.2) is 51.2 Å². The molecule has 0 saturated carbocycles. The van der Waals surface area contributed by atoms with Crippen molar-refractivity contribution in [2.45, 2.75) is 48.3 Å². The fourth-order valence-corrected chi connectivity index (χ4v) is 2.18. The van der Waals surface area contributed by atoms with Crippen LogP contribution in [0.15, 0.2) is 6.07 Å². The molecule has 0 aliphatic rings. The summed E-state index contributed by atoms with van der Waals surface area (Å²) in [7, 11) is 0. The maximum absolute atomic E-state index is 13.5. The van der Waals surface area contributed by atoms with E-state index < -0.39 is 64.7 Å². The average Bonchev–Trinajstić information content (AvgIpc) is 2.92. The second-order valence-corrected chi connectivity index (χ2v) is 6.09. The van der Waals surface area contributed by atoms with Crippen molar-refractivity contribution < 1.29 is 71.7 Å². The first-order valence-electron chi connectivity index (χ1n) is 6.83. The predicted molar refractivity (Wildman–Crippen MR) is 67.6 cm³/mol. The third kappa shape index (κ3) is 3.90. The number of aromatic amines is 1. The molecule has 2 atom stereocenters. The van der Waals surface area contributed by atoms with Crippen LogP contribution in [0.1, 0.15) is 23.6 Å². The Balaban J connectivity index is 3.42. The summed E-state index contributed by atoms with van der Waals surface area (Å²) >= 11 is 5.09. The summed E-state index contributed by atoms with van der Waals surface area (Å²) in [6.07, 6.45) is -22.3. The summed E-state index contributed by atoms with van der Waals surface area (Å²) in [6.45, 7) is 0. The van der Waals surface area contributed by atoms with E-state index in [9.17, 15) is 66.6 Å². The monoisotopic (exact) mass is 497 g/mol. The molecule has 0 aromatic carbocycles. The van der Waals surface area contributed by atoms with Crippen molar-refractivity contribution in [2.24, 2.45) is 0 Å². The lowest BCUT2D eigenvalue weighted by atomic mass is 10.0. The number of hydrogen-bond acceptors (Lipinski definition) is 2. The molecule has 0 bridgehead atoms. The maximum Gasteiger partial charge on any atom is 0.459 e. The van der Waals surface area contributed by atoms with E-state index >= 15 is 0 Å². The van der Waals surface area contributed by atoms with Crippen molar-refractivity contribution in [3.8, 4) is 0 Å². The molecule has 1 aromatic heterocycles. The summed E-state index contributed by atoms with van der Waals surface area (Å²) in [5.41, 5.74) is -3.94. The Morgan fingerprint density at radius 1 is 0.667 bits per heavy atom. The smallest absolute Gasteiger partial charge is 0.380 e. The molecule has 0 aliphatic heterocycles. The van der Waals surface area contributed by atoms with Crippen LogP contribution in [0.25, 0.3) is 0 Å². The highest BCUT2D eigenvalue weighted by Crippen LogP contribution is 2.54. The maximum atomic E-state index is 13.5. The van der Waals surface area contributed by atoms with Crippen molar-refractivity contribution >= 4 is 11.6 Å². The molecule has 3 nitrogen and oxygen atoms in total.